The summed E-state index contributed by atoms with van der Waals surface area (Å²) in [5.74, 6) is -1.29. The molecule has 0 saturated carbocycles. The largest absolute Gasteiger partial charge is 0.400 e. The second kappa shape index (κ2) is 22.3. The Kier molecular flexibility index (Phi) is 20.9. The minimum atomic E-state index is -0.646. The molecular formula is C26H39F2N5O4S2. The minimum absolute atomic E-state index is 0.224. The molecule has 218 valence electrons. The number of hydrogen-bond donors (Lipinski definition) is 4. The number of aliphatic hydroxyl groups is 2. The van der Waals surface area contributed by atoms with E-state index in [1.165, 1.54) is 29.0 Å². The van der Waals surface area contributed by atoms with Crippen molar-refractivity contribution in [3.63, 3.8) is 0 Å². The molecule has 39 heavy (non-hydrogen) atoms. The number of rotatable bonds is 6. The molecule has 2 heterocycles. The first-order chi connectivity index (χ1) is 18.7. The molecule has 1 aromatic heterocycles. The number of nitrogens with one attached hydrogen (secondary N) is 1. The van der Waals surface area contributed by atoms with E-state index in [2.05, 4.69) is 21.5 Å². The molecule has 9 nitrogen and oxygen atoms in total. The molecule has 0 spiro atoms. The van der Waals surface area contributed by atoms with Crippen molar-refractivity contribution in [2.75, 3.05) is 41.3 Å². The monoisotopic (exact) mass is 587 g/mol. The maximum atomic E-state index is 13.1. The highest BCUT2D eigenvalue weighted by atomic mass is 32.2. The molecule has 0 radical (unpaired) electrons. The van der Waals surface area contributed by atoms with Crippen molar-refractivity contribution in [1.82, 2.24) is 18.9 Å². The molecule has 0 bridgehead atoms. The van der Waals surface area contributed by atoms with Gasteiger partial charge in [-0.3, -0.25) is 4.79 Å². The second-order valence-corrected chi connectivity index (χ2v) is 10.2. The predicted molar refractivity (Wildman–Crippen MR) is 155 cm³/mol. The highest BCUT2D eigenvalue weighted by Gasteiger charge is 2.19. The van der Waals surface area contributed by atoms with Gasteiger partial charge in [0.05, 0.1) is 27.9 Å². The number of aliphatic hydroxyl groups excluding tert-OH is 2. The second-order valence-electron chi connectivity index (χ2n) is 8.39. The zero-order valence-electron chi connectivity index (χ0n) is 22.7. The molecule has 1 aliphatic rings. The van der Waals surface area contributed by atoms with Crippen LogP contribution in [-0.4, -0.2) is 90.6 Å². The Morgan fingerprint density at radius 2 is 1.69 bits per heavy atom. The number of carbonyl (C=O) groups is 2. The molecule has 3 aromatic rings. The lowest BCUT2D eigenvalue weighted by molar-refractivity contribution is -0.109. The van der Waals surface area contributed by atoms with Crippen molar-refractivity contribution in [2.45, 2.75) is 31.4 Å². The van der Waals surface area contributed by atoms with Gasteiger partial charge in [0.1, 0.15) is 17.9 Å². The van der Waals surface area contributed by atoms with Crippen molar-refractivity contribution < 1.29 is 28.6 Å². The summed E-state index contributed by atoms with van der Waals surface area (Å²) in [7, 11) is 7.00. The van der Waals surface area contributed by atoms with Crippen LogP contribution in [0.15, 0.2) is 48.0 Å². The number of aromatic nitrogens is 1. The van der Waals surface area contributed by atoms with Crippen LogP contribution in [0.25, 0.3) is 10.2 Å². The van der Waals surface area contributed by atoms with E-state index in [1.807, 2.05) is 54.1 Å². The first-order valence-electron chi connectivity index (χ1n) is 11.9. The summed E-state index contributed by atoms with van der Waals surface area (Å²) in [5, 5.41) is 16.4. The molecular weight excluding hydrogens is 548 g/mol. The van der Waals surface area contributed by atoms with Gasteiger partial charge in [0.15, 0.2) is 0 Å². The molecule has 1 amide bonds. The van der Waals surface area contributed by atoms with Gasteiger partial charge in [-0.2, -0.15) is 0 Å². The van der Waals surface area contributed by atoms with E-state index in [9.17, 15) is 18.7 Å². The van der Waals surface area contributed by atoms with Crippen molar-refractivity contribution in [3.05, 3.63) is 65.2 Å². The van der Waals surface area contributed by atoms with Gasteiger partial charge in [-0.25, -0.2) is 22.8 Å². The fraction of sp³-hybridized carbons (Fsp3) is 0.423. The number of benzene rings is 2. The Morgan fingerprint density at radius 3 is 2.21 bits per heavy atom. The normalized spacial score (nSPS) is 13.8. The number of nitrogens with two attached hydrogens (primary N) is 1. The Bertz CT molecular complexity index is 1000. The van der Waals surface area contributed by atoms with Crippen LogP contribution in [0.2, 0.25) is 0 Å². The van der Waals surface area contributed by atoms with Crippen molar-refractivity contribution in [1.29, 1.82) is 0 Å². The number of primary amides is 1. The van der Waals surface area contributed by atoms with Crippen LogP contribution in [-0.2, 0) is 16.0 Å². The smallest absolute Gasteiger partial charge is 0.204 e. The quantitative estimate of drug-likeness (QED) is 0.254. The molecule has 0 aliphatic carbocycles. The lowest BCUT2D eigenvalue weighted by atomic mass is 10.1. The highest BCUT2D eigenvalue weighted by Crippen LogP contribution is 2.18. The topological polar surface area (TPSA) is 132 Å². The number of halogens is 2. The van der Waals surface area contributed by atoms with E-state index < -0.39 is 17.7 Å². The fourth-order valence-electron chi connectivity index (χ4n) is 2.98. The molecule has 2 aromatic carbocycles. The fourth-order valence-corrected chi connectivity index (χ4v) is 4.47. The lowest BCUT2D eigenvalue weighted by Gasteiger charge is -2.29. The lowest BCUT2D eigenvalue weighted by Crippen LogP contribution is -2.36. The summed E-state index contributed by atoms with van der Waals surface area (Å²) in [4.78, 5) is 25.8. The number of thiazole rings is 1. The van der Waals surface area contributed by atoms with Gasteiger partial charge in [0, 0.05) is 38.4 Å². The average molecular weight is 588 g/mol. The molecule has 4 rings (SSSR count). The van der Waals surface area contributed by atoms with Crippen LogP contribution < -0.4 is 10.5 Å². The van der Waals surface area contributed by atoms with E-state index in [0.717, 1.165) is 38.1 Å². The first kappa shape index (κ1) is 36.5. The summed E-state index contributed by atoms with van der Waals surface area (Å²) in [5.41, 5.74) is 7.57. The van der Waals surface area contributed by atoms with E-state index in [4.69, 9.17) is 9.90 Å². The molecule has 13 heteroatoms. The number of piperidine rings is 1. The highest BCUT2D eigenvalue weighted by molar-refractivity contribution is 7.95. The summed E-state index contributed by atoms with van der Waals surface area (Å²) in [6.45, 7) is 1.47. The molecule has 5 N–H and O–H groups in total. The van der Waals surface area contributed by atoms with Gasteiger partial charge in [-0.05, 0) is 70.2 Å². The van der Waals surface area contributed by atoms with E-state index in [1.54, 1.807) is 11.3 Å². The molecule has 1 saturated heterocycles. The zero-order valence-corrected chi connectivity index (χ0v) is 24.3. The molecule has 1 fully saturated rings. The molecule has 1 aliphatic heterocycles. The number of hydrogen-bond acceptors (Lipinski definition) is 10. The summed E-state index contributed by atoms with van der Waals surface area (Å²) >= 11 is 2.99. The average Bonchev–Trinajstić information content (AvgIpc) is 3.38. The third-order valence-electron chi connectivity index (χ3n) is 4.54. The van der Waals surface area contributed by atoms with E-state index >= 15 is 0 Å². The Morgan fingerprint density at radius 1 is 1.15 bits per heavy atom. The third kappa shape index (κ3) is 17.6. The third-order valence-corrected chi connectivity index (χ3v) is 6.38. The number of amides is 1. The van der Waals surface area contributed by atoms with Crippen molar-refractivity contribution in [3.8, 4) is 0 Å². The van der Waals surface area contributed by atoms with Crippen LogP contribution in [0.5, 0.6) is 0 Å². The van der Waals surface area contributed by atoms with Gasteiger partial charge < -0.3 is 25.6 Å². The maximum absolute atomic E-state index is 13.1. The number of para-hydroxylation sites is 1. The number of carbonyl (C=O) groups excluding carboxylic acids is 2. The number of fused-ring (bicyclic) bond motifs is 1. The maximum Gasteiger partial charge on any atom is 0.204 e. The number of aldehydes is 1. The summed E-state index contributed by atoms with van der Waals surface area (Å²) < 4.78 is 32.5. The Labute approximate surface area is 237 Å². The van der Waals surface area contributed by atoms with E-state index in [-0.39, 0.29) is 18.9 Å². The van der Waals surface area contributed by atoms with Gasteiger partial charge in [0.2, 0.25) is 6.41 Å². The Balaban J connectivity index is 0.000000655. The predicted octanol–water partition coefficient (Wildman–Crippen LogP) is 2.87. The van der Waals surface area contributed by atoms with E-state index in [0.29, 0.717) is 18.4 Å². The van der Waals surface area contributed by atoms with Crippen LogP contribution in [0.3, 0.4) is 0 Å². The van der Waals surface area contributed by atoms with Gasteiger partial charge in [-0.1, -0.05) is 12.1 Å². The summed E-state index contributed by atoms with van der Waals surface area (Å²) in [6.07, 6.45) is 2.36. The first-order valence-corrected chi connectivity index (χ1v) is 13.6. The molecule has 1 atom stereocenters. The van der Waals surface area contributed by atoms with Crippen LogP contribution in [0, 0.1) is 11.6 Å². The standard InChI is InChI=1S/C14H18F2N2O2S.C7H5NS.C3H9N.CH3NO.CH4O/c15-11-5-10(6-12(16)8-11)7-13(9-19)17-21-18-3-1-14(20)2-4-18;1-2-4-7-6(3-1)8-5-9-7;1-4(2)3;2-1-3;1-2/h5-6,8-9,13-14,17,20H,1-4,7H2;1-5H;1-3H3;1H,(H2,2,3);2H,1H3. The van der Waals surface area contributed by atoms with Gasteiger partial charge >= 0.3 is 0 Å². The van der Waals surface area contributed by atoms with Crippen LogP contribution in [0.4, 0.5) is 8.78 Å². The van der Waals surface area contributed by atoms with Crippen LogP contribution >= 0.6 is 23.5 Å². The van der Waals surface area contributed by atoms with Gasteiger partial charge in [0.25, 0.3) is 0 Å². The molecule has 1 unspecified atom stereocenters. The van der Waals surface area contributed by atoms with Gasteiger partial charge in [-0.15, -0.1) is 11.3 Å². The SMILES string of the molecule is CN(C)C.CO.NC=O.O=CC(Cc1cc(F)cc(F)c1)NSN1CCC(O)CC1.c1ccc2scnc2c1. The minimum Gasteiger partial charge on any atom is -0.400 e. The van der Waals surface area contributed by atoms with Crippen molar-refractivity contribution >= 4 is 46.4 Å². The number of nitrogens with zero attached hydrogens (tertiary/aromatic N) is 3. The van der Waals surface area contributed by atoms with Crippen LogP contribution in [0.1, 0.15) is 18.4 Å². The van der Waals surface area contributed by atoms with Crippen molar-refractivity contribution in [2.24, 2.45) is 5.73 Å². The summed E-state index contributed by atoms with van der Waals surface area (Å²) in [6, 6.07) is 10.9. The Hall–Kier alpha value is -2.52. The zero-order chi connectivity index (χ0) is 29.6.